The first kappa shape index (κ1) is 14.4. The van der Waals surface area contributed by atoms with Crippen molar-refractivity contribution in [3.63, 3.8) is 0 Å². The van der Waals surface area contributed by atoms with E-state index in [9.17, 15) is 9.59 Å². The largest absolute Gasteiger partial charge is 0.493 e. The molecule has 0 amide bonds. The first-order valence-electron chi connectivity index (χ1n) is 7.46. The number of Topliss-reactive ketones (excluding diaryl/α,β-unsaturated/α-hetero) is 2. The van der Waals surface area contributed by atoms with Gasteiger partial charge in [-0.25, -0.2) is 0 Å². The Kier molecular flexibility index (Phi) is 4.28. The lowest BCUT2D eigenvalue weighted by Gasteiger charge is -2.17. The van der Waals surface area contributed by atoms with Crippen LogP contribution in [0.15, 0.2) is 42.7 Å². The van der Waals surface area contributed by atoms with Gasteiger partial charge in [-0.3, -0.25) is 14.6 Å². The fourth-order valence-corrected chi connectivity index (χ4v) is 2.56. The molecule has 0 aliphatic carbocycles. The van der Waals surface area contributed by atoms with E-state index < -0.39 is 0 Å². The van der Waals surface area contributed by atoms with E-state index in [-0.39, 0.29) is 24.4 Å². The van der Waals surface area contributed by atoms with Crippen LogP contribution >= 0.6 is 0 Å². The van der Waals surface area contributed by atoms with Gasteiger partial charge in [-0.15, -0.1) is 0 Å². The molecule has 1 aromatic carbocycles. The molecule has 0 atom stereocenters. The van der Waals surface area contributed by atoms with Gasteiger partial charge < -0.3 is 4.74 Å². The van der Waals surface area contributed by atoms with E-state index in [1.807, 2.05) is 12.1 Å². The molecule has 0 radical (unpaired) electrons. The SMILES string of the molecule is O=C(CCC(=O)c1ccc2c(c1)OCCC2)c1cccnc1. The number of ether oxygens (including phenoxy) is 1. The highest BCUT2D eigenvalue weighted by Crippen LogP contribution is 2.26. The number of carbonyl (C=O) groups excluding carboxylic acids is 2. The Labute approximate surface area is 129 Å². The van der Waals surface area contributed by atoms with Crippen molar-refractivity contribution < 1.29 is 14.3 Å². The van der Waals surface area contributed by atoms with Gasteiger partial charge in [0.25, 0.3) is 0 Å². The minimum Gasteiger partial charge on any atom is -0.493 e. The van der Waals surface area contributed by atoms with Crippen LogP contribution in [0.5, 0.6) is 5.75 Å². The molecule has 1 aliphatic heterocycles. The lowest BCUT2D eigenvalue weighted by atomic mass is 9.99. The molecule has 0 N–H and O–H groups in total. The fourth-order valence-electron chi connectivity index (χ4n) is 2.56. The van der Waals surface area contributed by atoms with Crippen LogP contribution in [-0.4, -0.2) is 23.2 Å². The molecule has 0 bridgehead atoms. The Morgan fingerprint density at radius 1 is 1.09 bits per heavy atom. The van der Waals surface area contributed by atoms with Gasteiger partial charge in [-0.05, 0) is 36.6 Å². The van der Waals surface area contributed by atoms with Crippen LogP contribution in [0.1, 0.15) is 45.5 Å². The van der Waals surface area contributed by atoms with Crippen LogP contribution in [-0.2, 0) is 6.42 Å². The second kappa shape index (κ2) is 6.52. The average molecular weight is 295 g/mol. The Bertz CT molecular complexity index is 695. The molecular weight excluding hydrogens is 278 g/mol. The zero-order valence-electron chi connectivity index (χ0n) is 12.2. The quantitative estimate of drug-likeness (QED) is 0.794. The summed E-state index contributed by atoms with van der Waals surface area (Å²) in [6.45, 7) is 0.699. The highest BCUT2D eigenvalue weighted by atomic mass is 16.5. The van der Waals surface area contributed by atoms with Crippen LogP contribution in [0, 0.1) is 0 Å². The van der Waals surface area contributed by atoms with Gasteiger partial charge in [0.05, 0.1) is 6.61 Å². The summed E-state index contributed by atoms with van der Waals surface area (Å²) in [6, 6.07) is 9.00. The van der Waals surface area contributed by atoms with Gasteiger partial charge in [0.15, 0.2) is 11.6 Å². The molecule has 112 valence electrons. The van der Waals surface area contributed by atoms with Crippen molar-refractivity contribution in [3.05, 3.63) is 59.4 Å². The number of nitrogens with zero attached hydrogens (tertiary/aromatic N) is 1. The zero-order chi connectivity index (χ0) is 15.4. The molecule has 0 saturated heterocycles. The van der Waals surface area contributed by atoms with Crippen molar-refractivity contribution in [3.8, 4) is 5.75 Å². The maximum Gasteiger partial charge on any atom is 0.164 e. The van der Waals surface area contributed by atoms with Gasteiger partial charge in [0.2, 0.25) is 0 Å². The van der Waals surface area contributed by atoms with Crippen molar-refractivity contribution in [2.75, 3.05) is 6.61 Å². The second-order valence-electron chi connectivity index (χ2n) is 5.36. The molecule has 0 spiro atoms. The second-order valence-corrected chi connectivity index (χ2v) is 5.36. The Hall–Kier alpha value is -2.49. The van der Waals surface area contributed by atoms with E-state index in [4.69, 9.17) is 4.74 Å². The highest BCUT2D eigenvalue weighted by molar-refractivity contribution is 6.02. The van der Waals surface area contributed by atoms with Gasteiger partial charge in [0, 0.05) is 36.4 Å². The van der Waals surface area contributed by atoms with Gasteiger partial charge in [0.1, 0.15) is 5.75 Å². The van der Waals surface area contributed by atoms with Gasteiger partial charge in [-0.2, -0.15) is 0 Å². The minimum atomic E-state index is -0.0596. The van der Waals surface area contributed by atoms with Crippen molar-refractivity contribution in [2.45, 2.75) is 25.7 Å². The molecule has 4 nitrogen and oxygen atoms in total. The molecule has 0 saturated carbocycles. The maximum atomic E-state index is 12.2. The first-order chi connectivity index (χ1) is 10.7. The van der Waals surface area contributed by atoms with Crippen molar-refractivity contribution >= 4 is 11.6 Å². The predicted octanol–water partition coefficient (Wildman–Crippen LogP) is 3.25. The molecular formula is C18H17NO3. The van der Waals surface area contributed by atoms with Crippen LogP contribution in [0.4, 0.5) is 0 Å². The number of pyridine rings is 1. The zero-order valence-corrected chi connectivity index (χ0v) is 12.2. The summed E-state index contributed by atoms with van der Waals surface area (Å²) in [5, 5.41) is 0. The third-order valence-electron chi connectivity index (χ3n) is 3.80. The Morgan fingerprint density at radius 3 is 2.68 bits per heavy atom. The van der Waals surface area contributed by atoms with Gasteiger partial charge >= 0.3 is 0 Å². The number of benzene rings is 1. The summed E-state index contributed by atoms with van der Waals surface area (Å²) in [6.07, 6.45) is 5.55. The number of rotatable bonds is 5. The molecule has 0 unspecified atom stereocenters. The topological polar surface area (TPSA) is 56.3 Å². The number of carbonyl (C=O) groups is 2. The van der Waals surface area contributed by atoms with Crippen molar-refractivity contribution in [1.29, 1.82) is 0 Å². The molecule has 22 heavy (non-hydrogen) atoms. The van der Waals surface area contributed by atoms with E-state index in [1.54, 1.807) is 24.4 Å². The number of hydrogen-bond donors (Lipinski definition) is 0. The van der Waals surface area contributed by atoms with Crippen LogP contribution in [0.3, 0.4) is 0 Å². The summed E-state index contributed by atoms with van der Waals surface area (Å²) in [4.78, 5) is 28.2. The molecule has 1 aliphatic rings. The van der Waals surface area contributed by atoms with E-state index in [2.05, 4.69) is 4.98 Å². The smallest absolute Gasteiger partial charge is 0.164 e. The molecule has 2 heterocycles. The standard InChI is InChI=1S/C18H17NO3/c20-16(7-8-17(21)15-3-1-9-19-12-15)14-6-5-13-4-2-10-22-18(13)11-14/h1,3,5-6,9,11-12H,2,4,7-8,10H2. The number of ketones is 2. The summed E-state index contributed by atoms with van der Waals surface area (Å²) in [7, 11) is 0. The summed E-state index contributed by atoms with van der Waals surface area (Å²) in [5.41, 5.74) is 2.30. The maximum absolute atomic E-state index is 12.2. The third kappa shape index (κ3) is 3.22. The lowest BCUT2D eigenvalue weighted by molar-refractivity contribution is 0.0917. The Balaban J connectivity index is 1.64. The molecule has 3 rings (SSSR count). The molecule has 2 aromatic rings. The number of aromatic nitrogens is 1. The number of aryl methyl sites for hydroxylation is 1. The average Bonchev–Trinajstić information content (AvgIpc) is 2.59. The third-order valence-corrected chi connectivity index (χ3v) is 3.80. The first-order valence-corrected chi connectivity index (χ1v) is 7.46. The van der Waals surface area contributed by atoms with E-state index in [0.717, 1.165) is 24.2 Å². The van der Waals surface area contributed by atoms with Crippen LogP contribution < -0.4 is 4.74 Å². The van der Waals surface area contributed by atoms with Crippen molar-refractivity contribution in [2.24, 2.45) is 0 Å². The molecule has 0 fully saturated rings. The monoisotopic (exact) mass is 295 g/mol. The molecule has 1 aromatic heterocycles. The number of fused-ring (bicyclic) bond motifs is 1. The summed E-state index contributed by atoms with van der Waals surface area (Å²) in [5.74, 6) is 0.709. The van der Waals surface area contributed by atoms with Crippen LogP contribution in [0.2, 0.25) is 0 Å². The minimum absolute atomic E-state index is 0.0331. The lowest BCUT2D eigenvalue weighted by Crippen LogP contribution is -2.10. The van der Waals surface area contributed by atoms with E-state index in [0.29, 0.717) is 17.7 Å². The normalized spacial score (nSPS) is 13.1. The van der Waals surface area contributed by atoms with E-state index in [1.165, 1.54) is 6.20 Å². The van der Waals surface area contributed by atoms with Crippen molar-refractivity contribution in [1.82, 2.24) is 4.98 Å². The van der Waals surface area contributed by atoms with Gasteiger partial charge in [-0.1, -0.05) is 12.1 Å². The summed E-state index contributed by atoms with van der Waals surface area (Å²) < 4.78 is 5.58. The number of hydrogen-bond acceptors (Lipinski definition) is 4. The van der Waals surface area contributed by atoms with Crippen LogP contribution in [0.25, 0.3) is 0 Å². The fraction of sp³-hybridized carbons (Fsp3) is 0.278. The predicted molar refractivity (Wildman–Crippen MR) is 82.4 cm³/mol. The summed E-state index contributed by atoms with van der Waals surface area (Å²) >= 11 is 0. The molecule has 4 heteroatoms. The Morgan fingerprint density at radius 2 is 1.91 bits per heavy atom. The highest BCUT2D eigenvalue weighted by Gasteiger charge is 2.15. The van der Waals surface area contributed by atoms with E-state index >= 15 is 0 Å².